The third-order valence-corrected chi connectivity index (χ3v) is 5.01. The number of hydrogen-bond donors (Lipinski definition) is 0. The number of alkyl halides is 3. The van der Waals surface area contributed by atoms with E-state index in [0.29, 0.717) is 18.9 Å². The summed E-state index contributed by atoms with van der Waals surface area (Å²) in [6, 6.07) is 15.6. The summed E-state index contributed by atoms with van der Waals surface area (Å²) < 4.78 is 42.5. The highest BCUT2D eigenvalue weighted by molar-refractivity contribution is 5.57. The lowest BCUT2D eigenvalue weighted by molar-refractivity contribution is -0.141. The summed E-state index contributed by atoms with van der Waals surface area (Å²) in [4.78, 5) is 13.9. The zero-order valence-corrected chi connectivity index (χ0v) is 16.2. The van der Waals surface area contributed by atoms with Crippen LogP contribution in [0.1, 0.15) is 11.5 Å². The first-order valence-corrected chi connectivity index (χ1v) is 9.59. The lowest BCUT2D eigenvalue weighted by Crippen LogP contribution is -2.35. The summed E-state index contributed by atoms with van der Waals surface area (Å²) in [5.41, 5.74) is 0.213. The van der Waals surface area contributed by atoms with Crippen LogP contribution in [-0.2, 0) is 19.3 Å². The van der Waals surface area contributed by atoms with E-state index in [2.05, 4.69) is 25.1 Å². The highest BCUT2D eigenvalue weighted by Gasteiger charge is 2.35. The van der Waals surface area contributed by atoms with E-state index >= 15 is 0 Å². The summed E-state index contributed by atoms with van der Waals surface area (Å²) in [6.45, 7) is 1.27. The third-order valence-electron chi connectivity index (χ3n) is 5.01. The van der Waals surface area contributed by atoms with Crippen LogP contribution >= 0.6 is 0 Å². The molecule has 1 aromatic carbocycles. The Bertz CT molecular complexity index is 1210. The molecule has 5 rings (SSSR count). The van der Waals surface area contributed by atoms with Gasteiger partial charge in [-0.25, -0.2) is 9.97 Å². The van der Waals surface area contributed by atoms with E-state index in [4.69, 9.17) is 0 Å². The van der Waals surface area contributed by atoms with Crippen molar-refractivity contribution in [3.05, 3.63) is 72.3 Å². The van der Waals surface area contributed by atoms with E-state index in [1.807, 2.05) is 34.9 Å². The van der Waals surface area contributed by atoms with E-state index in [0.717, 1.165) is 17.5 Å². The van der Waals surface area contributed by atoms with Crippen LogP contribution in [0.25, 0.3) is 22.9 Å². The average molecular weight is 423 g/mol. The standard InChI is InChI=1S/C21H16F3N7/c22-21(23,24)16-12-17(27-19(26-16)15-8-4-5-9-25-15)30-10-11-31-18(13-30)28-29-20(31)14-6-2-1-3-7-14/h1-9,12H,10-11,13H2. The van der Waals surface area contributed by atoms with Crippen LogP contribution in [0.15, 0.2) is 60.8 Å². The molecule has 4 heterocycles. The number of anilines is 1. The SMILES string of the molecule is FC(F)(F)c1cc(N2CCn3c(nnc3-c3ccccc3)C2)nc(-c2ccccn2)n1. The molecule has 0 saturated carbocycles. The maximum atomic E-state index is 13.5. The Morgan fingerprint density at radius 1 is 0.871 bits per heavy atom. The maximum Gasteiger partial charge on any atom is 0.433 e. The minimum Gasteiger partial charge on any atom is -0.347 e. The normalized spacial score (nSPS) is 13.8. The zero-order chi connectivity index (χ0) is 21.4. The van der Waals surface area contributed by atoms with E-state index in [1.165, 1.54) is 6.20 Å². The number of aromatic nitrogens is 6. The number of pyridine rings is 1. The average Bonchev–Trinajstić information content (AvgIpc) is 3.23. The number of halogens is 3. The Morgan fingerprint density at radius 3 is 2.42 bits per heavy atom. The van der Waals surface area contributed by atoms with Crippen LogP contribution in [0, 0.1) is 0 Å². The topological polar surface area (TPSA) is 72.6 Å². The molecule has 3 aromatic heterocycles. The molecule has 1 aliphatic heterocycles. The molecule has 156 valence electrons. The smallest absolute Gasteiger partial charge is 0.347 e. The van der Waals surface area contributed by atoms with Gasteiger partial charge < -0.3 is 9.47 Å². The monoisotopic (exact) mass is 423 g/mol. The molecule has 0 radical (unpaired) electrons. The van der Waals surface area contributed by atoms with E-state index in [1.54, 1.807) is 23.1 Å². The molecular formula is C21H16F3N7. The fourth-order valence-electron chi connectivity index (χ4n) is 3.51. The van der Waals surface area contributed by atoms with Crippen molar-refractivity contribution in [3.63, 3.8) is 0 Å². The summed E-state index contributed by atoms with van der Waals surface area (Å²) in [6.07, 6.45) is -3.11. The van der Waals surface area contributed by atoms with Gasteiger partial charge in [-0.3, -0.25) is 4.98 Å². The van der Waals surface area contributed by atoms with Gasteiger partial charge in [0.2, 0.25) is 0 Å². The number of fused-ring (bicyclic) bond motifs is 1. The fraction of sp³-hybridized carbons (Fsp3) is 0.190. The number of benzene rings is 1. The largest absolute Gasteiger partial charge is 0.433 e. The predicted molar refractivity (Wildman–Crippen MR) is 107 cm³/mol. The lowest BCUT2D eigenvalue weighted by Gasteiger charge is -2.29. The van der Waals surface area contributed by atoms with Gasteiger partial charge in [-0.1, -0.05) is 36.4 Å². The molecule has 0 N–H and O–H groups in total. The maximum absolute atomic E-state index is 13.5. The molecule has 0 amide bonds. The first-order valence-electron chi connectivity index (χ1n) is 9.59. The molecule has 0 atom stereocenters. The lowest BCUT2D eigenvalue weighted by atomic mass is 10.2. The van der Waals surface area contributed by atoms with Crippen LogP contribution in [0.4, 0.5) is 19.0 Å². The molecule has 0 spiro atoms. The van der Waals surface area contributed by atoms with Crippen molar-refractivity contribution in [2.24, 2.45) is 0 Å². The Labute approximate surface area is 175 Å². The van der Waals surface area contributed by atoms with Crippen LogP contribution in [0.5, 0.6) is 0 Å². The van der Waals surface area contributed by atoms with Gasteiger partial charge in [0.1, 0.15) is 11.5 Å². The molecule has 0 bridgehead atoms. The van der Waals surface area contributed by atoms with Gasteiger partial charge in [0, 0.05) is 30.9 Å². The Kier molecular flexibility index (Phi) is 4.61. The second-order valence-electron chi connectivity index (χ2n) is 7.03. The number of rotatable bonds is 3. The summed E-state index contributed by atoms with van der Waals surface area (Å²) in [5.74, 6) is 1.51. The molecule has 7 nitrogen and oxygen atoms in total. The van der Waals surface area contributed by atoms with Crippen molar-refractivity contribution >= 4 is 5.82 Å². The predicted octanol–water partition coefficient (Wildman–Crippen LogP) is 3.84. The van der Waals surface area contributed by atoms with Gasteiger partial charge in [0.15, 0.2) is 23.2 Å². The van der Waals surface area contributed by atoms with Crippen molar-refractivity contribution in [1.82, 2.24) is 29.7 Å². The molecule has 0 aliphatic carbocycles. The van der Waals surface area contributed by atoms with E-state index in [9.17, 15) is 13.2 Å². The third kappa shape index (κ3) is 3.72. The zero-order valence-electron chi connectivity index (χ0n) is 16.2. The van der Waals surface area contributed by atoms with Gasteiger partial charge >= 0.3 is 6.18 Å². The first kappa shape index (κ1) is 19.2. The quantitative estimate of drug-likeness (QED) is 0.499. The van der Waals surface area contributed by atoms with Crippen molar-refractivity contribution in [1.29, 1.82) is 0 Å². The van der Waals surface area contributed by atoms with Gasteiger partial charge in [-0.15, -0.1) is 10.2 Å². The Balaban J connectivity index is 1.51. The molecule has 31 heavy (non-hydrogen) atoms. The van der Waals surface area contributed by atoms with Gasteiger partial charge in [-0.2, -0.15) is 13.2 Å². The molecule has 0 saturated heterocycles. The molecule has 0 fully saturated rings. The van der Waals surface area contributed by atoms with Crippen LogP contribution in [0.2, 0.25) is 0 Å². The second kappa shape index (κ2) is 7.46. The highest BCUT2D eigenvalue weighted by Crippen LogP contribution is 2.32. The molecular weight excluding hydrogens is 407 g/mol. The van der Waals surface area contributed by atoms with Gasteiger partial charge in [0.05, 0.1) is 6.54 Å². The molecule has 0 unspecified atom stereocenters. The van der Waals surface area contributed by atoms with Crippen LogP contribution < -0.4 is 4.90 Å². The summed E-state index contributed by atoms with van der Waals surface area (Å²) >= 11 is 0. The van der Waals surface area contributed by atoms with Crippen molar-refractivity contribution in [2.45, 2.75) is 19.3 Å². The summed E-state index contributed by atoms with van der Waals surface area (Å²) in [5, 5.41) is 8.54. The Hall–Kier alpha value is -3.82. The van der Waals surface area contributed by atoms with Gasteiger partial charge in [0.25, 0.3) is 0 Å². The minimum atomic E-state index is -4.60. The fourth-order valence-corrected chi connectivity index (χ4v) is 3.51. The highest BCUT2D eigenvalue weighted by atomic mass is 19.4. The Morgan fingerprint density at radius 2 is 1.68 bits per heavy atom. The van der Waals surface area contributed by atoms with Crippen LogP contribution in [-0.4, -0.2) is 36.3 Å². The molecule has 1 aliphatic rings. The first-order chi connectivity index (χ1) is 15.0. The minimum absolute atomic E-state index is 0.0672. The molecule has 4 aromatic rings. The van der Waals surface area contributed by atoms with Gasteiger partial charge in [-0.05, 0) is 12.1 Å². The van der Waals surface area contributed by atoms with E-state index in [-0.39, 0.29) is 23.9 Å². The van der Waals surface area contributed by atoms with Crippen molar-refractivity contribution < 1.29 is 13.2 Å². The number of nitrogens with zero attached hydrogens (tertiary/aromatic N) is 7. The summed E-state index contributed by atoms with van der Waals surface area (Å²) in [7, 11) is 0. The van der Waals surface area contributed by atoms with Crippen LogP contribution in [0.3, 0.4) is 0 Å². The van der Waals surface area contributed by atoms with E-state index < -0.39 is 11.9 Å². The number of hydrogen-bond acceptors (Lipinski definition) is 6. The second-order valence-corrected chi connectivity index (χ2v) is 7.03. The van der Waals surface area contributed by atoms with Crippen molar-refractivity contribution in [3.8, 4) is 22.9 Å². The molecule has 10 heteroatoms. The van der Waals surface area contributed by atoms with Crippen molar-refractivity contribution in [2.75, 3.05) is 11.4 Å².